The van der Waals surface area contributed by atoms with E-state index >= 15 is 0 Å². The third-order valence-corrected chi connectivity index (χ3v) is 4.27. The third-order valence-electron chi connectivity index (χ3n) is 1.93. The molecule has 0 N–H and O–H groups in total. The second-order valence-corrected chi connectivity index (χ2v) is 5.99. The molecule has 0 atom stereocenters. The predicted octanol–water partition coefficient (Wildman–Crippen LogP) is 3.78. The Labute approximate surface area is 111 Å². The first-order valence-corrected chi connectivity index (χ1v) is 7.34. The molecule has 2 nitrogen and oxygen atoms in total. The van der Waals surface area contributed by atoms with Crippen molar-refractivity contribution in [3.05, 3.63) is 40.0 Å². The van der Waals surface area contributed by atoms with E-state index in [1.54, 1.807) is 0 Å². The first kappa shape index (κ1) is 12.0. The quantitative estimate of drug-likeness (QED) is 0.739. The van der Waals surface area contributed by atoms with Crippen molar-refractivity contribution in [3.63, 3.8) is 0 Å². The van der Waals surface area contributed by atoms with Crippen LogP contribution in [-0.2, 0) is 4.79 Å². The zero-order valence-corrected chi connectivity index (χ0v) is 11.7. The highest BCUT2D eigenvalue weighted by atomic mass is 79.9. The van der Waals surface area contributed by atoms with Crippen molar-refractivity contribution in [2.24, 2.45) is 4.99 Å². The summed E-state index contributed by atoms with van der Waals surface area (Å²) in [6.07, 6.45) is 3.73. The molecular weight excluding hydrogens is 306 g/mol. The van der Waals surface area contributed by atoms with Gasteiger partial charge in [0.15, 0.2) is 0 Å². The van der Waals surface area contributed by atoms with Crippen molar-refractivity contribution >= 4 is 55.0 Å². The summed E-state index contributed by atoms with van der Waals surface area (Å²) in [7, 11) is 0. The summed E-state index contributed by atoms with van der Waals surface area (Å²) in [5, 5.41) is 0.0179. The lowest BCUT2D eigenvalue weighted by atomic mass is 10.2. The maximum atomic E-state index is 11.6. The number of aliphatic imine (C=N–C) groups is 1. The van der Waals surface area contributed by atoms with E-state index in [0.29, 0.717) is 5.70 Å². The molecule has 0 radical (unpaired) electrons. The molecule has 0 bridgehead atoms. The van der Waals surface area contributed by atoms with E-state index in [-0.39, 0.29) is 5.12 Å². The molecule has 1 aromatic carbocycles. The van der Waals surface area contributed by atoms with Crippen molar-refractivity contribution in [2.75, 3.05) is 6.26 Å². The Kier molecular flexibility index (Phi) is 3.89. The lowest BCUT2D eigenvalue weighted by Gasteiger charge is -1.95. The molecule has 16 heavy (non-hydrogen) atoms. The van der Waals surface area contributed by atoms with Crippen LogP contribution >= 0.6 is 39.5 Å². The Balaban J connectivity index is 2.31. The van der Waals surface area contributed by atoms with Gasteiger partial charge in [-0.15, -0.1) is 11.8 Å². The van der Waals surface area contributed by atoms with Crippen LogP contribution in [0.3, 0.4) is 0 Å². The number of nitrogens with zero attached hydrogens (tertiary/aromatic N) is 1. The normalized spacial score (nSPS) is 18.0. The predicted molar refractivity (Wildman–Crippen MR) is 75.7 cm³/mol. The molecule has 1 heterocycles. The minimum atomic E-state index is 0.0179. The number of rotatable bonds is 1. The van der Waals surface area contributed by atoms with Gasteiger partial charge >= 0.3 is 0 Å². The number of hydrogen-bond donors (Lipinski definition) is 0. The van der Waals surface area contributed by atoms with Crippen molar-refractivity contribution < 1.29 is 4.79 Å². The maximum absolute atomic E-state index is 11.6. The van der Waals surface area contributed by atoms with Crippen molar-refractivity contribution in [3.8, 4) is 0 Å². The zero-order chi connectivity index (χ0) is 11.5. The molecule has 82 valence electrons. The molecule has 0 aliphatic carbocycles. The summed E-state index contributed by atoms with van der Waals surface area (Å²) in [4.78, 5) is 15.8. The van der Waals surface area contributed by atoms with Crippen LogP contribution in [0.2, 0.25) is 0 Å². The van der Waals surface area contributed by atoms with E-state index in [0.717, 1.165) is 14.4 Å². The van der Waals surface area contributed by atoms with Crippen LogP contribution in [0.15, 0.2) is 39.4 Å². The summed E-state index contributed by atoms with van der Waals surface area (Å²) >= 11 is 6.08. The van der Waals surface area contributed by atoms with Crippen LogP contribution in [0.25, 0.3) is 6.08 Å². The number of carbonyl (C=O) groups is 1. The second kappa shape index (κ2) is 5.21. The molecule has 5 heteroatoms. The van der Waals surface area contributed by atoms with E-state index in [9.17, 15) is 4.79 Å². The van der Waals surface area contributed by atoms with Gasteiger partial charge in [0.05, 0.1) is 0 Å². The molecular formula is C11H8BrNOS2. The summed E-state index contributed by atoms with van der Waals surface area (Å²) < 4.78 is 1.81. The molecule has 1 aromatic rings. The summed E-state index contributed by atoms with van der Waals surface area (Å²) in [5.74, 6) is 0. The highest BCUT2D eigenvalue weighted by molar-refractivity contribution is 9.10. The highest BCUT2D eigenvalue weighted by Gasteiger charge is 2.21. The highest BCUT2D eigenvalue weighted by Crippen LogP contribution is 2.29. The van der Waals surface area contributed by atoms with E-state index < -0.39 is 0 Å². The second-order valence-electron chi connectivity index (χ2n) is 3.06. The Morgan fingerprint density at radius 3 is 2.94 bits per heavy atom. The van der Waals surface area contributed by atoms with Crippen LogP contribution in [-0.4, -0.2) is 15.7 Å². The average Bonchev–Trinajstić information content (AvgIpc) is 2.60. The van der Waals surface area contributed by atoms with Gasteiger partial charge in [0.2, 0.25) is 5.12 Å². The Morgan fingerprint density at radius 1 is 1.50 bits per heavy atom. The lowest BCUT2D eigenvalue weighted by Crippen LogP contribution is -1.87. The average molecular weight is 314 g/mol. The SMILES string of the molecule is CSC1=N/C(=C\c2cccc(Br)c2)C(=O)S1. The van der Waals surface area contributed by atoms with Gasteiger partial charge in [-0.3, -0.25) is 4.79 Å². The molecule has 0 saturated heterocycles. The number of halogens is 1. The molecule has 0 amide bonds. The fourth-order valence-corrected chi connectivity index (χ4v) is 2.91. The first-order chi connectivity index (χ1) is 7.69. The maximum Gasteiger partial charge on any atom is 0.244 e. The lowest BCUT2D eigenvalue weighted by molar-refractivity contribution is -0.107. The Morgan fingerprint density at radius 2 is 2.31 bits per heavy atom. The van der Waals surface area contributed by atoms with Crippen LogP contribution in [0.5, 0.6) is 0 Å². The van der Waals surface area contributed by atoms with Gasteiger partial charge in [-0.2, -0.15) is 0 Å². The van der Waals surface area contributed by atoms with Gasteiger partial charge in [0.1, 0.15) is 10.1 Å². The van der Waals surface area contributed by atoms with Gasteiger partial charge < -0.3 is 0 Å². The van der Waals surface area contributed by atoms with Gasteiger partial charge in [-0.05, 0) is 41.8 Å². The third kappa shape index (κ3) is 2.78. The van der Waals surface area contributed by atoms with Crippen molar-refractivity contribution in [1.29, 1.82) is 0 Å². The van der Waals surface area contributed by atoms with Gasteiger partial charge in [0, 0.05) is 4.47 Å². The number of benzene rings is 1. The minimum Gasteiger partial charge on any atom is -0.279 e. The van der Waals surface area contributed by atoms with Crippen molar-refractivity contribution in [1.82, 2.24) is 0 Å². The number of thioether (sulfide) groups is 2. The molecule has 0 spiro atoms. The van der Waals surface area contributed by atoms with Crippen LogP contribution in [0.4, 0.5) is 0 Å². The molecule has 1 aliphatic heterocycles. The fraction of sp³-hybridized carbons (Fsp3) is 0.0909. The molecule has 1 aliphatic rings. The largest absolute Gasteiger partial charge is 0.279 e. The minimum absolute atomic E-state index is 0.0179. The molecule has 0 aromatic heterocycles. The molecule has 2 rings (SSSR count). The van der Waals surface area contributed by atoms with Gasteiger partial charge in [-0.1, -0.05) is 28.1 Å². The summed E-state index contributed by atoms with van der Waals surface area (Å²) in [6.45, 7) is 0. The summed E-state index contributed by atoms with van der Waals surface area (Å²) in [5.41, 5.74) is 1.50. The van der Waals surface area contributed by atoms with Gasteiger partial charge in [-0.25, -0.2) is 4.99 Å². The van der Waals surface area contributed by atoms with Crippen LogP contribution < -0.4 is 0 Å². The molecule has 0 fully saturated rings. The van der Waals surface area contributed by atoms with Crippen molar-refractivity contribution in [2.45, 2.75) is 0 Å². The van der Waals surface area contributed by atoms with E-state index in [4.69, 9.17) is 0 Å². The summed E-state index contributed by atoms with van der Waals surface area (Å²) in [6, 6.07) is 7.78. The smallest absolute Gasteiger partial charge is 0.244 e. The van der Waals surface area contributed by atoms with Gasteiger partial charge in [0.25, 0.3) is 0 Å². The van der Waals surface area contributed by atoms with E-state index in [2.05, 4.69) is 20.9 Å². The Hall–Kier alpha value is -0.520. The fourth-order valence-electron chi connectivity index (χ4n) is 1.23. The van der Waals surface area contributed by atoms with E-state index in [1.165, 1.54) is 23.5 Å². The number of carbonyl (C=O) groups excluding carboxylic acids is 1. The first-order valence-electron chi connectivity index (χ1n) is 4.51. The zero-order valence-electron chi connectivity index (χ0n) is 8.44. The number of hydrogen-bond acceptors (Lipinski definition) is 4. The standard InChI is InChI=1S/C11H8BrNOS2/c1-15-11-13-9(10(14)16-11)6-7-3-2-4-8(12)5-7/h2-6H,1H3/b9-6-. The monoisotopic (exact) mass is 313 g/mol. The molecule has 0 unspecified atom stereocenters. The molecule has 0 saturated carbocycles. The van der Waals surface area contributed by atoms with Crippen LogP contribution in [0.1, 0.15) is 5.56 Å². The Bertz CT molecular complexity index is 497. The topological polar surface area (TPSA) is 29.4 Å². The van der Waals surface area contributed by atoms with Crippen LogP contribution in [0, 0.1) is 0 Å². The van der Waals surface area contributed by atoms with E-state index in [1.807, 2.05) is 36.6 Å².